The van der Waals surface area contributed by atoms with E-state index in [1.807, 2.05) is 52.1 Å². The van der Waals surface area contributed by atoms with Crippen LogP contribution in [0, 0.1) is 12.3 Å². The Morgan fingerprint density at radius 3 is 2.52 bits per heavy atom. The first-order valence-electron chi connectivity index (χ1n) is 7.26. The van der Waals surface area contributed by atoms with Gasteiger partial charge in [-0.05, 0) is 19.1 Å². The topological polar surface area (TPSA) is 46.9 Å². The van der Waals surface area contributed by atoms with E-state index in [0.29, 0.717) is 6.54 Å². The van der Waals surface area contributed by atoms with Gasteiger partial charge < -0.3 is 9.88 Å². The maximum Gasteiger partial charge on any atom is 0.225 e. The summed E-state index contributed by atoms with van der Waals surface area (Å²) in [6, 6.07) is 10.1. The summed E-state index contributed by atoms with van der Waals surface area (Å²) in [5.41, 5.74) is 1.75. The third-order valence-corrected chi connectivity index (χ3v) is 3.31. The highest BCUT2D eigenvalue weighted by Gasteiger charge is 2.20. The van der Waals surface area contributed by atoms with Crippen molar-refractivity contribution < 1.29 is 4.79 Å². The number of carbonyl (C=O) groups excluding carboxylic acids is 1. The minimum Gasteiger partial charge on any atom is -0.355 e. The van der Waals surface area contributed by atoms with E-state index in [2.05, 4.69) is 27.0 Å². The number of hydrogen-bond acceptors (Lipinski definition) is 2. The Bertz CT molecular complexity index is 609. The molecule has 0 bridgehead atoms. The lowest BCUT2D eigenvalue weighted by atomic mass is 9.96. The Morgan fingerprint density at radius 1 is 1.24 bits per heavy atom. The van der Waals surface area contributed by atoms with Crippen LogP contribution in [-0.4, -0.2) is 22.0 Å². The van der Waals surface area contributed by atoms with Gasteiger partial charge >= 0.3 is 0 Å². The number of rotatable bonds is 4. The monoisotopic (exact) mass is 285 g/mol. The van der Waals surface area contributed by atoms with Gasteiger partial charge in [-0.25, -0.2) is 4.98 Å². The Kier molecular flexibility index (Phi) is 4.46. The van der Waals surface area contributed by atoms with Crippen molar-refractivity contribution in [3.05, 3.63) is 48.0 Å². The van der Waals surface area contributed by atoms with Gasteiger partial charge in [0.1, 0.15) is 5.82 Å². The Balaban J connectivity index is 1.99. The molecule has 0 atom stereocenters. The van der Waals surface area contributed by atoms with Crippen LogP contribution >= 0.6 is 0 Å². The molecule has 1 aromatic heterocycles. The molecule has 112 valence electrons. The fraction of sp³-hybridized carbons (Fsp3) is 0.412. The molecule has 0 spiro atoms. The van der Waals surface area contributed by atoms with Crippen molar-refractivity contribution >= 4 is 5.91 Å². The molecule has 0 radical (unpaired) electrons. The van der Waals surface area contributed by atoms with Gasteiger partial charge in [-0.3, -0.25) is 4.79 Å². The molecule has 2 rings (SSSR count). The molecular formula is C17H23N3O. The summed E-state index contributed by atoms with van der Waals surface area (Å²) in [4.78, 5) is 16.4. The molecule has 0 aliphatic heterocycles. The molecule has 1 aromatic carbocycles. The SMILES string of the molecule is Cc1nc(CCNC(=O)C(C)(C)C)cn1-c1ccccc1. The average Bonchev–Trinajstić information content (AvgIpc) is 2.80. The number of aryl methyl sites for hydroxylation is 1. The van der Waals surface area contributed by atoms with Gasteiger partial charge in [0.25, 0.3) is 0 Å². The van der Waals surface area contributed by atoms with Gasteiger partial charge in [0.2, 0.25) is 5.91 Å². The molecule has 1 N–H and O–H groups in total. The number of amides is 1. The van der Waals surface area contributed by atoms with Gasteiger partial charge in [-0.2, -0.15) is 0 Å². The van der Waals surface area contributed by atoms with Crippen LogP contribution in [0.1, 0.15) is 32.3 Å². The van der Waals surface area contributed by atoms with Gasteiger partial charge in [0.15, 0.2) is 0 Å². The van der Waals surface area contributed by atoms with Gasteiger partial charge in [-0.15, -0.1) is 0 Å². The molecule has 4 nitrogen and oxygen atoms in total. The summed E-state index contributed by atoms with van der Waals surface area (Å²) in [5, 5.41) is 2.95. The summed E-state index contributed by atoms with van der Waals surface area (Å²) in [5.74, 6) is 1.03. The highest BCUT2D eigenvalue weighted by molar-refractivity contribution is 5.81. The molecule has 2 aromatic rings. The van der Waals surface area contributed by atoms with Crippen LogP contribution in [0.4, 0.5) is 0 Å². The maximum atomic E-state index is 11.8. The van der Waals surface area contributed by atoms with Crippen molar-refractivity contribution in [3.63, 3.8) is 0 Å². The number of hydrogen-bond donors (Lipinski definition) is 1. The summed E-state index contributed by atoms with van der Waals surface area (Å²) < 4.78 is 2.07. The molecule has 21 heavy (non-hydrogen) atoms. The second-order valence-electron chi connectivity index (χ2n) is 6.24. The Labute approximate surface area is 126 Å². The maximum absolute atomic E-state index is 11.8. The van der Waals surface area contributed by atoms with Crippen LogP contribution in [0.3, 0.4) is 0 Å². The molecule has 0 aliphatic rings. The van der Waals surface area contributed by atoms with E-state index in [9.17, 15) is 4.79 Å². The zero-order valence-electron chi connectivity index (χ0n) is 13.2. The minimum absolute atomic E-state index is 0.0710. The first kappa shape index (κ1) is 15.3. The lowest BCUT2D eigenvalue weighted by Crippen LogP contribution is -2.35. The van der Waals surface area contributed by atoms with Gasteiger partial charge in [-0.1, -0.05) is 39.0 Å². The van der Waals surface area contributed by atoms with Crippen molar-refractivity contribution in [1.82, 2.24) is 14.9 Å². The van der Waals surface area contributed by atoms with Crippen LogP contribution in [0.5, 0.6) is 0 Å². The second-order valence-corrected chi connectivity index (χ2v) is 6.24. The normalized spacial score (nSPS) is 11.4. The van der Waals surface area contributed by atoms with Crippen molar-refractivity contribution in [3.8, 4) is 5.69 Å². The molecule has 0 saturated carbocycles. The van der Waals surface area contributed by atoms with Gasteiger partial charge in [0, 0.05) is 30.3 Å². The third-order valence-electron chi connectivity index (χ3n) is 3.31. The zero-order chi connectivity index (χ0) is 15.5. The summed E-state index contributed by atoms with van der Waals surface area (Å²) in [6.07, 6.45) is 2.77. The fourth-order valence-electron chi connectivity index (χ4n) is 2.07. The van der Waals surface area contributed by atoms with E-state index >= 15 is 0 Å². The quantitative estimate of drug-likeness (QED) is 0.939. The molecule has 4 heteroatoms. The minimum atomic E-state index is -0.348. The van der Waals surface area contributed by atoms with Crippen molar-refractivity contribution in [2.75, 3.05) is 6.54 Å². The number of imidazole rings is 1. The first-order valence-corrected chi connectivity index (χ1v) is 7.26. The average molecular weight is 285 g/mol. The predicted molar refractivity (Wildman–Crippen MR) is 84.5 cm³/mol. The number of benzene rings is 1. The third kappa shape index (κ3) is 3.94. The van der Waals surface area contributed by atoms with Crippen molar-refractivity contribution in [1.29, 1.82) is 0 Å². The molecule has 0 saturated heterocycles. The standard InChI is InChI=1S/C17H23N3O/c1-13-19-14(10-11-18-16(21)17(2,3)4)12-20(13)15-8-6-5-7-9-15/h5-9,12H,10-11H2,1-4H3,(H,18,21). The number of nitrogens with one attached hydrogen (secondary N) is 1. The van der Waals surface area contributed by atoms with Gasteiger partial charge in [0.05, 0.1) is 5.69 Å². The fourth-order valence-corrected chi connectivity index (χ4v) is 2.07. The Morgan fingerprint density at radius 2 is 1.90 bits per heavy atom. The highest BCUT2D eigenvalue weighted by atomic mass is 16.2. The van der Waals surface area contributed by atoms with Crippen LogP contribution in [-0.2, 0) is 11.2 Å². The molecule has 1 amide bonds. The smallest absolute Gasteiger partial charge is 0.225 e. The molecule has 1 heterocycles. The van der Waals surface area contributed by atoms with E-state index in [1.54, 1.807) is 0 Å². The van der Waals surface area contributed by atoms with Crippen molar-refractivity contribution in [2.45, 2.75) is 34.1 Å². The number of carbonyl (C=O) groups is 1. The lowest BCUT2D eigenvalue weighted by Gasteiger charge is -2.17. The van der Waals surface area contributed by atoms with Crippen molar-refractivity contribution in [2.24, 2.45) is 5.41 Å². The molecule has 0 aliphatic carbocycles. The number of aromatic nitrogens is 2. The largest absolute Gasteiger partial charge is 0.355 e. The predicted octanol–water partition coefficient (Wildman–Crippen LogP) is 2.89. The molecule has 0 fully saturated rings. The second kappa shape index (κ2) is 6.12. The van der Waals surface area contributed by atoms with E-state index in [0.717, 1.165) is 23.6 Å². The van der Waals surface area contributed by atoms with E-state index < -0.39 is 0 Å². The van der Waals surface area contributed by atoms with E-state index in [4.69, 9.17) is 0 Å². The number of nitrogens with zero attached hydrogens (tertiary/aromatic N) is 2. The first-order chi connectivity index (χ1) is 9.88. The highest BCUT2D eigenvalue weighted by Crippen LogP contribution is 2.13. The van der Waals surface area contributed by atoms with E-state index in [-0.39, 0.29) is 11.3 Å². The Hall–Kier alpha value is -2.10. The molecular weight excluding hydrogens is 262 g/mol. The van der Waals surface area contributed by atoms with Crippen LogP contribution in [0.2, 0.25) is 0 Å². The molecule has 0 unspecified atom stereocenters. The van der Waals surface area contributed by atoms with E-state index in [1.165, 1.54) is 0 Å². The number of para-hydroxylation sites is 1. The van der Waals surface area contributed by atoms with Crippen LogP contribution in [0.25, 0.3) is 5.69 Å². The summed E-state index contributed by atoms with van der Waals surface area (Å²) in [6.45, 7) is 8.34. The zero-order valence-corrected chi connectivity index (χ0v) is 13.2. The summed E-state index contributed by atoms with van der Waals surface area (Å²) in [7, 11) is 0. The summed E-state index contributed by atoms with van der Waals surface area (Å²) >= 11 is 0. The van der Waals surface area contributed by atoms with Crippen LogP contribution < -0.4 is 5.32 Å². The van der Waals surface area contributed by atoms with Crippen LogP contribution in [0.15, 0.2) is 36.5 Å². The lowest BCUT2D eigenvalue weighted by molar-refractivity contribution is -0.128.